The largest absolute Gasteiger partial charge is 0.468 e. The van der Waals surface area contributed by atoms with Crippen LogP contribution in [0.15, 0.2) is 18.2 Å². The Balaban J connectivity index is 1.81. The second-order valence-corrected chi connectivity index (χ2v) is 6.05. The predicted octanol–water partition coefficient (Wildman–Crippen LogP) is 2.57. The van der Waals surface area contributed by atoms with E-state index >= 15 is 0 Å². The topological polar surface area (TPSA) is 58.6 Å². The maximum Gasteiger partial charge on any atom is 0.322 e. The van der Waals surface area contributed by atoms with Crippen molar-refractivity contribution in [2.45, 2.75) is 32.2 Å². The quantitative estimate of drug-likeness (QED) is 0.837. The number of rotatable bonds is 5. The van der Waals surface area contributed by atoms with E-state index in [1.165, 1.54) is 13.2 Å². The second kappa shape index (κ2) is 8.19. The van der Waals surface area contributed by atoms with Gasteiger partial charge in [0.25, 0.3) is 0 Å². The number of carbonyl (C=O) groups excluding carboxylic acids is 2. The van der Waals surface area contributed by atoms with Gasteiger partial charge < -0.3 is 10.1 Å². The minimum Gasteiger partial charge on any atom is -0.468 e. The molecule has 1 aliphatic heterocycles. The molecule has 1 aromatic rings. The number of nitrogens with one attached hydrogen (secondary N) is 1. The number of amides is 1. The minimum atomic E-state index is -0.787. The van der Waals surface area contributed by atoms with Gasteiger partial charge in [0.05, 0.1) is 12.8 Å². The number of hydrogen-bond donors (Lipinski definition) is 1. The third-order valence-electron chi connectivity index (χ3n) is 4.42. The standard InChI is InChI=1S/C17H22F2N2O3/c1-11(17(23)24-2)21-7-5-12(6-8-21)9-16(22)20-15-4-3-13(18)10-14(15)19/h3-4,10-12H,5-9H2,1-2H3,(H,20,22)/t11-/m1/s1. The molecular formula is C17H22F2N2O3. The Labute approximate surface area is 140 Å². The number of anilines is 1. The average molecular weight is 340 g/mol. The summed E-state index contributed by atoms with van der Waals surface area (Å²) < 4.78 is 31.1. The van der Waals surface area contributed by atoms with Crippen LogP contribution in [-0.4, -0.2) is 43.0 Å². The molecule has 0 aliphatic carbocycles. The lowest BCUT2D eigenvalue weighted by Crippen LogP contribution is -2.44. The van der Waals surface area contributed by atoms with Gasteiger partial charge in [0, 0.05) is 12.5 Å². The van der Waals surface area contributed by atoms with E-state index in [2.05, 4.69) is 5.32 Å². The SMILES string of the molecule is COC(=O)[C@@H](C)N1CCC(CC(=O)Nc2ccc(F)cc2F)CC1. The molecule has 7 heteroatoms. The van der Waals surface area contributed by atoms with Crippen LogP contribution in [0.1, 0.15) is 26.2 Å². The van der Waals surface area contributed by atoms with E-state index in [-0.39, 0.29) is 35.9 Å². The third kappa shape index (κ3) is 4.74. The highest BCUT2D eigenvalue weighted by Crippen LogP contribution is 2.23. The number of benzene rings is 1. The number of ether oxygens (including phenoxy) is 1. The monoisotopic (exact) mass is 340 g/mol. The highest BCUT2D eigenvalue weighted by molar-refractivity contribution is 5.90. The van der Waals surface area contributed by atoms with Crippen molar-refractivity contribution in [3.63, 3.8) is 0 Å². The lowest BCUT2D eigenvalue weighted by molar-refractivity contribution is -0.147. The van der Waals surface area contributed by atoms with Crippen molar-refractivity contribution in [3.8, 4) is 0 Å². The highest BCUT2D eigenvalue weighted by Gasteiger charge is 2.28. The first kappa shape index (κ1) is 18.3. The molecule has 1 fully saturated rings. The molecule has 1 aliphatic rings. The van der Waals surface area contributed by atoms with E-state index in [4.69, 9.17) is 4.74 Å². The van der Waals surface area contributed by atoms with Crippen LogP contribution in [0.25, 0.3) is 0 Å². The molecule has 0 radical (unpaired) electrons. The summed E-state index contributed by atoms with van der Waals surface area (Å²) in [5.74, 6) is -1.85. The van der Waals surface area contributed by atoms with Crippen molar-refractivity contribution in [2.75, 3.05) is 25.5 Å². The molecule has 1 saturated heterocycles. The Morgan fingerprint density at radius 1 is 1.33 bits per heavy atom. The molecule has 1 N–H and O–H groups in total. The molecule has 0 aromatic heterocycles. The molecule has 5 nitrogen and oxygen atoms in total. The number of carbonyl (C=O) groups is 2. The number of halogens is 2. The Morgan fingerprint density at radius 2 is 2.00 bits per heavy atom. The van der Waals surface area contributed by atoms with E-state index in [9.17, 15) is 18.4 Å². The summed E-state index contributed by atoms with van der Waals surface area (Å²) >= 11 is 0. The van der Waals surface area contributed by atoms with E-state index in [1.54, 1.807) is 6.92 Å². The summed E-state index contributed by atoms with van der Waals surface area (Å²) in [6.07, 6.45) is 1.83. The van der Waals surface area contributed by atoms with Gasteiger partial charge in [-0.3, -0.25) is 14.5 Å². The summed E-state index contributed by atoms with van der Waals surface area (Å²) in [6.45, 7) is 3.22. The van der Waals surface area contributed by atoms with Crippen LogP contribution in [0, 0.1) is 17.6 Å². The smallest absolute Gasteiger partial charge is 0.322 e. The second-order valence-electron chi connectivity index (χ2n) is 6.05. The maximum atomic E-state index is 13.5. The van der Waals surface area contributed by atoms with Crippen molar-refractivity contribution in [3.05, 3.63) is 29.8 Å². The van der Waals surface area contributed by atoms with Gasteiger partial charge in [0.2, 0.25) is 5.91 Å². The molecule has 0 saturated carbocycles. The Bertz CT molecular complexity index is 601. The first-order valence-corrected chi connectivity index (χ1v) is 7.97. The van der Waals surface area contributed by atoms with Crippen molar-refractivity contribution >= 4 is 17.6 Å². The van der Waals surface area contributed by atoms with Gasteiger partial charge in [-0.15, -0.1) is 0 Å². The van der Waals surface area contributed by atoms with Gasteiger partial charge in [-0.05, 0) is 50.9 Å². The molecule has 0 unspecified atom stereocenters. The van der Waals surface area contributed by atoms with Crippen LogP contribution >= 0.6 is 0 Å². The zero-order chi connectivity index (χ0) is 17.7. The fourth-order valence-electron chi connectivity index (χ4n) is 2.92. The first-order chi connectivity index (χ1) is 11.4. The fourth-order valence-corrected chi connectivity index (χ4v) is 2.92. The van der Waals surface area contributed by atoms with Gasteiger partial charge in [0.1, 0.15) is 17.7 Å². The zero-order valence-electron chi connectivity index (χ0n) is 13.9. The minimum absolute atomic E-state index is 0.0156. The average Bonchev–Trinajstić information content (AvgIpc) is 2.56. The summed E-state index contributed by atoms with van der Waals surface area (Å²) in [6, 6.07) is 2.76. The number of esters is 1. The molecule has 1 heterocycles. The normalized spacial score (nSPS) is 17.3. The van der Waals surface area contributed by atoms with Gasteiger partial charge in [0.15, 0.2) is 0 Å². The molecule has 0 spiro atoms. The molecular weight excluding hydrogens is 318 g/mol. The van der Waals surface area contributed by atoms with Crippen molar-refractivity contribution < 1.29 is 23.1 Å². The molecule has 1 amide bonds. The van der Waals surface area contributed by atoms with E-state index < -0.39 is 11.6 Å². The third-order valence-corrected chi connectivity index (χ3v) is 4.42. The summed E-state index contributed by atoms with van der Waals surface area (Å²) in [7, 11) is 1.37. The maximum absolute atomic E-state index is 13.5. The number of piperidine rings is 1. The molecule has 2 rings (SSSR count). The highest BCUT2D eigenvalue weighted by atomic mass is 19.1. The Hall–Kier alpha value is -2.02. The number of methoxy groups -OCH3 is 1. The van der Waals surface area contributed by atoms with Crippen LogP contribution in [0.4, 0.5) is 14.5 Å². The predicted molar refractivity (Wildman–Crippen MR) is 85.4 cm³/mol. The van der Waals surface area contributed by atoms with E-state index in [1.807, 2.05) is 4.90 Å². The van der Waals surface area contributed by atoms with Crippen molar-refractivity contribution in [1.29, 1.82) is 0 Å². The van der Waals surface area contributed by atoms with Crippen LogP contribution in [-0.2, 0) is 14.3 Å². The molecule has 1 atom stereocenters. The lowest BCUT2D eigenvalue weighted by Gasteiger charge is -2.34. The number of hydrogen-bond acceptors (Lipinski definition) is 4. The van der Waals surface area contributed by atoms with Gasteiger partial charge in [-0.25, -0.2) is 8.78 Å². The Morgan fingerprint density at radius 3 is 2.58 bits per heavy atom. The molecule has 132 valence electrons. The van der Waals surface area contributed by atoms with Crippen LogP contribution in [0.3, 0.4) is 0 Å². The lowest BCUT2D eigenvalue weighted by atomic mass is 9.92. The Kier molecular flexibility index (Phi) is 6.25. The van der Waals surface area contributed by atoms with Crippen LogP contribution in [0.5, 0.6) is 0 Å². The van der Waals surface area contributed by atoms with E-state index in [0.29, 0.717) is 13.1 Å². The zero-order valence-corrected chi connectivity index (χ0v) is 13.9. The summed E-state index contributed by atoms with van der Waals surface area (Å²) in [5, 5.41) is 2.48. The number of likely N-dealkylation sites (tertiary alicyclic amines) is 1. The van der Waals surface area contributed by atoms with Gasteiger partial charge in [-0.1, -0.05) is 0 Å². The molecule has 0 bridgehead atoms. The first-order valence-electron chi connectivity index (χ1n) is 7.97. The van der Waals surface area contributed by atoms with Crippen molar-refractivity contribution in [1.82, 2.24) is 4.90 Å². The summed E-state index contributed by atoms with van der Waals surface area (Å²) in [5.41, 5.74) is -0.0156. The van der Waals surface area contributed by atoms with Gasteiger partial charge >= 0.3 is 5.97 Å². The van der Waals surface area contributed by atoms with E-state index in [0.717, 1.165) is 25.0 Å². The fraction of sp³-hybridized carbons (Fsp3) is 0.529. The molecule has 1 aromatic carbocycles. The van der Waals surface area contributed by atoms with Crippen LogP contribution in [0.2, 0.25) is 0 Å². The molecule has 24 heavy (non-hydrogen) atoms. The number of nitrogens with zero attached hydrogens (tertiary/aromatic N) is 1. The van der Waals surface area contributed by atoms with Crippen LogP contribution < -0.4 is 5.32 Å². The summed E-state index contributed by atoms with van der Waals surface area (Å²) in [4.78, 5) is 25.6. The van der Waals surface area contributed by atoms with Gasteiger partial charge in [-0.2, -0.15) is 0 Å². The van der Waals surface area contributed by atoms with Crippen molar-refractivity contribution in [2.24, 2.45) is 5.92 Å².